The number of hydrogen-bond donors (Lipinski definition) is 1. The molecule has 0 spiro atoms. The van der Waals surface area contributed by atoms with Crippen molar-refractivity contribution in [2.75, 3.05) is 0 Å². The van der Waals surface area contributed by atoms with Crippen LogP contribution in [-0.2, 0) is 0 Å². The molecule has 4 heteroatoms. The fourth-order valence-electron chi connectivity index (χ4n) is 0. The second-order valence-corrected chi connectivity index (χ2v) is 5.01. The van der Waals surface area contributed by atoms with Crippen LogP contribution in [0.4, 0.5) is 0 Å². The van der Waals surface area contributed by atoms with Gasteiger partial charge in [-0.15, -0.1) is 0 Å². The van der Waals surface area contributed by atoms with Crippen LogP contribution in [0.2, 0.25) is 0 Å². The first-order valence-corrected chi connectivity index (χ1v) is 3.78. The molecule has 0 fully saturated rings. The van der Waals surface area contributed by atoms with E-state index in [0.717, 1.165) is 0 Å². The number of rotatable bonds is 1. The molecule has 1 nitrogen and oxygen atoms in total. The van der Waals surface area contributed by atoms with E-state index in [0.29, 0.717) is 0 Å². The molecule has 52 valence electrons. The molecular formula is C4H10Br2OTe. The van der Waals surface area contributed by atoms with E-state index < -0.39 is 5.60 Å². The van der Waals surface area contributed by atoms with Gasteiger partial charge in [-0.1, -0.05) is 31.9 Å². The summed E-state index contributed by atoms with van der Waals surface area (Å²) >= 11 is 6.32. The Bertz CT molecular complexity index is 59.5. The van der Waals surface area contributed by atoms with Crippen LogP contribution in [-0.4, -0.2) is 38.1 Å². The third-order valence-corrected chi connectivity index (χ3v) is 2.77. The van der Waals surface area contributed by atoms with Crippen molar-refractivity contribution >= 4 is 55.5 Å². The van der Waals surface area contributed by atoms with E-state index in [2.05, 4.69) is 31.9 Å². The Balaban J connectivity index is 0. The standard InChI is InChI=1S/C4H8Br2O.H2Te/c1-4(2,7)3(5)6;/h3,7H,1-2H3;1H2. The van der Waals surface area contributed by atoms with E-state index in [1.807, 2.05) is 0 Å². The predicted octanol–water partition coefficient (Wildman–Crippen LogP) is 0.957. The van der Waals surface area contributed by atoms with Gasteiger partial charge in [0, 0.05) is 0 Å². The topological polar surface area (TPSA) is 20.2 Å². The van der Waals surface area contributed by atoms with Gasteiger partial charge in [0.1, 0.15) is 0 Å². The maximum absolute atomic E-state index is 9.00. The van der Waals surface area contributed by atoms with E-state index in [-0.39, 0.29) is 27.4 Å². The summed E-state index contributed by atoms with van der Waals surface area (Å²) in [5.41, 5.74) is -0.667. The second-order valence-electron chi connectivity index (χ2n) is 1.95. The minimum absolute atomic E-state index is 0. The van der Waals surface area contributed by atoms with Crippen LogP contribution in [0.15, 0.2) is 0 Å². The Morgan fingerprint density at radius 3 is 1.50 bits per heavy atom. The van der Waals surface area contributed by atoms with Crippen LogP contribution in [0.5, 0.6) is 0 Å². The number of aliphatic hydroxyl groups is 1. The fourth-order valence-corrected chi connectivity index (χ4v) is 0. The van der Waals surface area contributed by atoms with Crippen molar-refractivity contribution in [2.45, 2.75) is 23.2 Å². The molecule has 1 N–H and O–H groups in total. The molecule has 0 aromatic carbocycles. The van der Waals surface area contributed by atoms with Crippen molar-refractivity contribution in [2.24, 2.45) is 0 Å². The summed E-state index contributed by atoms with van der Waals surface area (Å²) in [7, 11) is 0. The molecule has 0 aliphatic carbocycles. The molecule has 0 aromatic heterocycles. The van der Waals surface area contributed by atoms with Gasteiger partial charge >= 0.3 is 23.7 Å². The fraction of sp³-hybridized carbons (Fsp3) is 1.00. The third-order valence-electron chi connectivity index (χ3n) is 0.534. The van der Waals surface area contributed by atoms with Crippen LogP contribution in [0.3, 0.4) is 0 Å². The van der Waals surface area contributed by atoms with Gasteiger partial charge in [0.25, 0.3) is 0 Å². The predicted molar refractivity (Wildman–Crippen MR) is 46.5 cm³/mol. The Morgan fingerprint density at radius 2 is 1.50 bits per heavy atom. The molecule has 0 rings (SSSR count). The van der Waals surface area contributed by atoms with Gasteiger partial charge in [-0.05, 0) is 13.8 Å². The van der Waals surface area contributed by atoms with E-state index in [9.17, 15) is 0 Å². The molecule has 8 heavy (non-hydrogen) atoms. The summed E-state index contributed by atoms with van der Waals surface area (Å²) in [6, 6.07) is 0. The normalized spacial score (nSPS) is 11.2. The van der Waals surface area contributed by atoms with Gasteiger partial charge in [-0.3, -0.25) is 0 Å². The zero-order chi connectivity index (χ0) is 6.08. The summed E-state index contributed by atoms with van der Waals surface area (Å²) < 4.78 is -0.0208. The van der Waals surface area contributed by atoms with Crippen LogP contribution in [0.1, 0.15) is 13.8 Å². The van der Waals surface area contributed by atoms with Crippen LogP contribution in [0.25, 0.3) is 0 Å². The number of hydrogen-bond acceptors (Lipinski definition) is 1. The van der Waals surface area contributed by atoms with Gasteiger partial charge in [-0.2, -0.15) is 0 Å². The quantitative estimate of drug-likeness (QED) is 0.545. The van der Waals surface area contributed by atoms with E-state index in [4.69, 9.17) is 5.11 Å². The molecule has 0 aliphatic rings. The van der Waals surface area contributed by atoms with Crippen molar-refractivity contribution < 1.29 is 5.11 Å². The molecule has 0 aromatic rings. The van der Waals surface area contributed by atoms with Crippen molar-refractivity contribution in [1.29, 1.82) is 0 Å². The summed E-state index contributed by atoms with van der Waals surface area (Å²) in [6.45, 7) is 3.45. The minimum atomic E-state index is -0.667. The zero-order valence-electron chi connectivity index (χ0n) is 4.78. The van der Waals surface area contributed by atoms with Crippen LogP contribution in [0, 0.1) is 0 Å². The van der Waals surface area contributed by atoms with Gasteiger partial charge in [-0.25, -0.2) is 0 Å². The van der Waals surface area contributed by atoms with E-state index in [1.54, 1.807) is 13.8 Å². The average Bonchev–Trinajstić information content (AvgIpc) is 1.31. The van der Waals surface area contributed by atoms with Gasteiger partial charge in [0.05, 0.1) is 9.34 Å². The average molecular weight is 362 g/mol. The van der Waals surface area contributed by atoms with E-state index >= 15 is 0 Å². The molecule has 0 saturated carbocycles. The SMILES string of the molecule is CC(C)(O)C(Br)Br.[TeH2]. The van der Waals surface area contributed by atoms with Crippen molar-refractivity contribution in [3.8, 4) is 0 Å². The van der Waals surface area contributed by atoms with Gasteiger partial charge < -0.3 is 5.11 Å². The molecule has 0 radical (unpaired) electrons. The summed E-state index contributed by atoms with van der Waals surface area (Å²) in [5, 5.41) is 9.00. The summed E-state index contributed by atoms with van der Waals surface area (Å²) in [6.07, 6.45) is 0. The first-order chi connectivity index (χ1) is 2.94. The Labute approximate surface area is 83.2 Å². The number of halogens is 2. The Kier molecular flexibility index (Phi) is 6.99. The molecule has 0 unspecified atom stereocenters. The molecule has 0 saturated heterocycles. The molecule has 0 heterocycles. The van der Waals surface area contributed by atoms with Crippen molar-refractivity contribution in [3.63, 3.8) is 0 Å². The molecule has 0 bridgehead atoms. The van der Waals surface area contributed by atoms with Gasteiger partial charge in [0.2, 0.25) is 0 Å². The van der Waals surface area contributed by atoms with Crippen molar-refractivity contribution in [3.05, 3.63) is 0 Å². The first-order valence-electron chi connectivity index (χ1n) is 1.95. The summed E-state index contributed by atoms with van der Waals surface area (Å²) in [4.78, 5) is 0. The Hall–Kier alpha value is 1.71. The third kappa shape index (κ3) is 5.84. The van der Waals surface area contributed by atoms with E-state index in [1.165, 1.54) is 0 Å². The molecule has 0 atom stereocenters. The maximum atomic E-state index is 9.00. The van der Waals surface area contributed by atoms with Crippen LogP contribution >= 0.6 is 31.9 Å². The zero-order valence-corrected chi connectivity index (χ0v) is 10.8. The number of alkyl halides is 2. The monoisotopic (exact) mass is 362 g/mol. The first kappa shape index (κ1) is 12.4. The molecule has 0 aliphatic heterocycles. The van der Waals surface area contributed by atoms with Crippen molar-refractivity contribution in [1.82, 2.24) is 0 Å². The van der Waals surface area contributed by atoms with Crippen LogP contribution < -0.4 is 0 Å². The second kappa shape index (κ2) is 4.51. The van der Waals surface area contributed by atoms with Gasteiger partial charge in [0.15, 0.2) is 0 Å². The Morgan fingerprint density at radius 1 is 1.38 bits per heavy atom. The molecule has 0 amide bonds. The summed E-state index contributed by atoms with van der Waals surface area (Å²) in [5.74, 6) is 0. The molecular weight excluding hydrogens is 351 g/mol.